The van der Waals surface area contributed by atoms with Crippen LogP contribution >= 0.6 is 0 Å². The first-order valence-corrected chi connectivity index (χ1v) is 21.9. The van der Waals surface area contributed by atoms with E-state index < -0.39 is 35.5 Å². The van der Waals surface area contributed by atoms with E-state index in [9.17, 15) is 31.4 Å². The van der Waals surface area contributed by atoms with E-state index in [0.29, 0.717) is 66.0 Å². The molecular weight excluding hydrogens is 895 g/mol. The number of aromatic nitrogens is 3. The van der Waals surface area contributed by atoms with Crippen LogP contribution in [0.25, 0.3) is 28.0 Å². The van der Waals surface area contributed by atoms with Crippen molar-refractivity contribution in [2.75, 3.05) is 59.3 Å². The topological polar surface area (TPSA) is 118 Å². The van der Waals surface area contributed by atoms with Crippen LogP contribution in [0, 0.1) is 0 Å². The molecule has 0 saturated carbocycles. The highest BCUT2D eigenvalue weighted by atomic mass is 19.4. The second kappa shape index (κ2) is 23.9. The Morgan fingerprint density at radius 1 is 0.588 bits per heavy atom. The molecule has 68 heavy (non-hydrogen) atoms. The second-order valence-corrected chi connectivity index (χ2v) is 15.4. The van der Waals surface area contributed by atoms with Crippen molar-refractivity contribution in [2.45, 2.75) is 37.9 Å². The lowest BCUT2D eigenvalue weighted by Crippen LogP contribution is -2.33. The van der Waals surface area contributed by atoms with Crippen LogP contribution in [0.5, 0.6) is 23.0 Å². The molecule has 0 fully saturated rings. The highest BCUT2D eigenvalue weighted by molar-refractivity contribution is 5.90. The van der Waals surface area contributed by atoms with Gasteiger partial charge in [-0.2, -0.15) is 31.4 Å². The van der Waals surface area contributed by atoms with Crippen molar-refractivity contribution in [3.63, 3.8) is 0 Å². The Labute approximate surface area is 389 Å². The summed E-state index contributed by atoms with van der Waals surface area (Å²) in [5.74, 6) is 2.10. The quantitative estimate of drug-likeness (QED) is 0.0424. The van der Waals surface area contributed by atoms with Gasteiger partial charge in [-0.3, -0.25) is 0 Å². The number of rotatable bonds is 25. The van der Waals surface area contributed by atoms with Crippen LogP contribution in [0.3, 0.4) is 0 Å². The third kappa shape index (κ3) is 14.2. The number of aryl methyl sites for hydroxylation is 1. The van der Waals surface area contributed by atoms with Gasteiger partial charge in [-0.25, -0.2) is 9.50 Å². The standard InChI is InChI=1S/C51H50F6N4O7/c52-50(53,54)45-32-46(51(55,56)57)61-49(59-45)47(48(60-61)39-16-8-3-9-17-39)38-18-20-41(21-19-38)65-30-29-64-28-27-63-26-24-58-33-40(62)35-67-42-22-23-43(68-34-37-13-6-2-7-14-37)44(31-42)66-25-10-15-36-11-4-1-5-12-36/h1-9,11-14,16-23,31-32,40,58,62H,10,15,24-30,33-35H2. The normalized spacial score (nSPS) is 12.3. The minimum Gasteiger partial charge on any atom is -0.491 e. The van der Waals surface area contributed by atoms with Gasteiger partial charge in [0.2, 0.25) is 0 Å². The van der Waals surface area contributed by atoms with Crippen LogP contribution < -0.4 is 24.3 Å². The minimum absolute atomic E-state index is 0.00275. The summed E-state index contributed by atoms with van der Waals surface area (Å²) in [6, 6.07) is 39.7. The molecule has 7 aromatic rings. The molecule has 1 unspecified atom stereocenters. The predicted molar refractivity (Wildman–Crippen MR) is 243 cm³/mol. The van der Waals surface area contributed by atoms with Gasteiger partial charge < -0.3 is 38.8 Å². The van der Waals surface area contributed by atoms with Crippen molar-refractivity contribution in [1.82, 2.24) is 19.9 Å². The predicted octanol–water partition coefficient (Wildman–Crippen LogP) is 10.1. The highest BCUT2D eigenvalue weighted by Crippen LogP contribution is 2.41. The molecule has 0 aliphatic rings. The van der Waals surface area contributed by atoms with Gasteiger partial charge in [-0.1, -0.05) is 103 Å². The van der Waals surface area contributed by atoms with E-state index in [1.807, 2.05) is 54.6 Å². The monoisotopic (exact) mass is 944 g/mol. The van der Waals surface area contributed by atoms with Gasteiger partial charge in [0.15, 0.2) is 22.8 Å². The molecule has 0 aliphatic carbocycles. The van der Waals surface area contributed by atoms with Crippen molar-refractivity contribution in [3.05, 3.63) is 162 Å². The van der Waals surface area contributed by atoms with Crippen molar-refractivity contribution in [2.24, 2.45) is 0 Å². The number of alkyl halides is 6. The number of hydrogen-bond donors (Lipinski definition) is 2. The van der Waals surface area contributed by atoms with Crippen LogP contribution in [0.2, 0.25) is 0 Å². The lowest BCUT2D eigenvalue weighted by molar-refractivity contribution is -0.148. The summed E-state index contributed by atoms with van der Waals surface area (Å²) in [7, 11) is 0. The summed E-state index contributed by atoms with van der Waals surface area (Å²) < 4.78 is 119. The summed E-state index contributed by atoms with van der Waals surface area (Å²) in [6.07, 6.45) is -9.37. The molecule has 11 nitrogen and oxygen atoms in total. The molecule has 0 radical (unpaired) electrons. The van der Waals surface area contributed by atoms with Gasteiger partial charge in [-0.15, -0.1) is 0 Å². The second-order valence-electron chi connectivity index (χ2n) is 15.4. The molecule has 1 atom stereocenters. The van der Waals surface area contributed by atoms with Crippen LogP contribution in [-0.4, -0.2) is 85.1 Å². The summed E-state index contributed by atoms with van der Waals surface area (Å²) in [5.41, 5.74) is -0.910. The zero-order valence-electron chi connectivity index (χ0n) is 36.8. The van der Waals surface area contributed by atoms with Gasteiger partial charge in [0.05, 0.1) is 38.6 Å². The summed E-state index contributed by atoms with van der Waals surface area (Å²) in [4.78, 5) is 3.62. The Morgan fingerprint density at radius 3 is 1.93 bits per heavy atom. The number of halogens is 6. The van der Waals surface area contributed by atoms with E-state index in [2.05, 4.69) is 27.5 Å². The molecule has 7 rings (SSSR count). The summed E-state index contributed by atoms with van der Waals surface area (Å²) in [6.45, 7) is 3.04. The average molecular weight is 945 g/mol. The van der Waals surface area contributed by atoms with Gasteiger partial charge in [0.25, 0.3) is 0 Å². The number of hydrogen-bond acceptors (Lipinski definition) is 10. The lowest BCUT2D eigenvalue weighted by atomic mass is 10.0. The number of nitrogens with zero attached hydrogens (tertiary/aromatic N) is 3. The van der Waals surface area contributed by atoms with Crippen molar-refractivity contribution in [1.29, 1.82) is 0 Å². The number of ether oxygens (including phenoxy) is 6. The molecule has 0 aliphatic heterocycles. The van der Waals surface area contributed by atoms with Crippen molar-refractivity contribution >= 4 is 5.65 Å². The maximum Gasteiger partial charge on any atom is 0.433 e. The molecule has 5 aromatic carbocycles. The fourth-order valence-corrected chi connectivity index (χ4v) is 7.00. The van der Waals surface area contributed by atoms with Gasteiger partial charge >= 0.3 is 12.4 Å². The van der Waals surface area contributed by atoms with Crippen molar-refractivity contribution < 1.29 is 59.9 Å². The van der Waals surface area contributed by atoms with Crippen LogP contribution in [-0.2, 0) is 34.9 Å². The molecule has 0 amide bonds. The van der Waals surface area contributed by atoms with E-state index in [0.717, 1.165) is 18.4 Å². The van der Waals surface area contributed by atoms with E-state index >= 15 is 0 Å². The van der Waals surface area contributed by atoms with Crippen LogP contribution in [0.15, 0.2) is 140 Å². The fourth-order valence-electron chi connectivity index (χ4n) is 7.00. The highest BCUT2D eigenvalue weighted by Gasteiger charge is 2.41. The number of benzene rings is 5. The molecule has 358 valence electrons. The summed E-state index contributed by atoms with van der Waals surface area (Å²) in [5, 5.41) is 17.8. The molecule has 2 N–H and O–H groups in total. The van der Waals surface area contributed by atoms with E-state index in [1.165, 1.54) is 17.7 Å². The van der Waals surface area contributed by atoms with Crippen molar-refractivity contribution in [3.8, 4) is 45.4 Å². The minimum atomic E-state index is -5.15. The van der Waals surface area contributed by atoms with Crippen LogP contribution in [0.1, 0.15) is 28.9 Å². The first-order chi connectivity index (χ1) is 32.9. The Balaban J connectivity index is 0.804. The van der Waals surface area contributed by atoms with Gasteiger partial charge in [0, 0.05) is 24.7 Å². The molecule has 2 heterocycles. The molecule has 0 saturated heterocycles. The smallest absolute Gasteiger partial charge is 0.433 e. The molecule has 17 heteroatoms. The Kier molecular flexibility index (Phi) is 17.3. The largest absolute Gasteiger partial charge is 0.491 e. The summed E-state index contributed by atoms with van der Waals surface area (Å²) >= 11 is 0. The Bertz CT molecular complexity index is 2620. The zero-order valence-corrected chi connectivity index (χ0v) is 36.8. The maximum atomic E-state index is 14.1. The van der Waals surface area contributed by atoms with E-state index in [-0.39, 0.29) is 55.9 Å². The number of fused-ring (bicyclic) bond motifs is 1. The Hall–Kier alpha value is -6.66. The third-order valence-electron chi connectivity index (χ3n) is 10.3. The first-order valence-electron chi connectivity index (χ1n) is 21.9. The lowest BCUT2D eigenvalue weighted by Gasteiger charge is -2.17. The van der Waals surface area contributed by atoms with E-state index in [4.69, 9.17) is 28.4 Å². The van der Waals surface area contributed by atoms with Gasteiger partial charge in [-0.05, 0) is 59.9 Å². The molecule has 0 spiro atoms. The zero-order chi connectivity index (χ0) is 47.8. The Morgan fingerprint density at radius 2 is 1.24 bits per heavy atom. The maximum absolute atomic E-state index is 14.1. The first kappa shape index (κ1) is 49.3. The van der Waals surface area contributed by atoms with E-state index in [1.54, 1.807) is 54.6 Å². The number of nitrogens with one attached hydrogen (secondary N) is 1. The average Bonchev–Trinajstić information content (AvgIpc) is 3.73. The fraction of sp³-hybridized carbons (Fsp3) is 0.294. The SMILES string of the molecule is OC(CNCCOCCOCCOc1ccc(-c2c(-c3ccccc3)nn3c(C(F)(F)F)cc(C(F)(F)F)nc23)cc1)COc1ccc(OCc2ccccc2)c(OCCCc2ccccc2)c1. The van der Waals surface area contributed by atoms with Crippen LogP contribution in [0.4, 0.5) is 26.3 Å². The number of aliphatic hydroxyl groups is 1. The van der Waals surface area contributed by atoms with Gasteiger partial charge in [0.1, 0.15) is 48.8 Å². The number of aliphatic hydroxyl groups excluding tert-OH is 1. The third-order valence-corrected chi connectivity index (χ3v) is 10.3. The molecular formula is C51H50F6N4O7. The molecule has 0 bridgehead atoms. The molecule has 2 aromatic heterocycles.